The zero-order valence-corrected chi connectivity index (χ0v) is 18.0. The molecule has 1 heterocycles. The first-order valence-corrected chi connectivity index (χ1v) is 10.1. The minimum absolute atomic E-state index is 0.0299. The van der Waals surface area contributed by atoms with Gasteiger partial charge in [0.2, 0.25) is 0 Å². The maximum absolute atomic E-state index is 13.1. The standard InChI is InChI=1S/C20H25F6N3O4/c1-12-7-16(33-17(31)27-4-6-30)3-5-29(12)18(32)28(2)11-13-8-14(19(21,22)23)10-15(9-13)20(24,25)26/h8-10,12,16,30H,3-7,11H2,1-2H3,(H,27,31)/t12-,16+/m1/s1. The summed E-state index contributed by atoms with van der Waals surface area (Å²) in [5.41, 5.74) is -3.20. The number of halogens is 6. The summed E-state index contributed by atoms with van der Waals surface area (Å²) in [6, 6.07) is 0.254. The van der Waals surface area contributed by atoms with E-state index in [0.717, 1.165) is 4.90 Å². The van der Waals surface area contributed by atoms with Crippen LogP contribution in [0.4, 0.5) is 35.9 Å². The zero-order chi connectivity index (χ0) is 25.0. The zero-order valence-electron chi connectivity index (χ0n) is 18.0. The highest BCUT2D eigenvalue weighted by molar-refractivity contribution is 5.74. The number of ether oxygens (including phenoxy) is 1. The van der Waals surface area contributed by atoms with Gasteiger partial charge in [0.25, 0.3) is 0 Å². The Morgan fingerprint density at radius 1 is 1.15 bits per heavy atom. The van der Waals surface area contributed by atoms with E-state index < -0.39 is 54.3 Å². The van der Waals surface area contributed by atoms with Gasteiger partial charge < -0.3 is 25.0 Å². The van der Waals surface area contributed by atoms with Crippen LogP contribution in [0.2, 0.25) is 0 Å². The number of carbonyl (C=O) groups is 2. The Morgan fingerprint density at radius 3 is 2.21 bits per heavy atom. The number of likely N-dealkylation sites (tertiary alicyclic amines) is 1. The lowest BCUT2D eigenvalue weighted by Crippen LogP contribution is -2.51. The van der Waals surface area contributed by atoms with E-state index >= 15 is 0 Å². The molecule has 2 atom stereocenters. The van der Waals surface area contributed by atoms with Crippen LogP contribution in [-0.2, 0) is 23.6 Å². The lowest BCUT2D eigenvalue weighted by atomic mass is 10.0. The number of carbonyl (C=O) groups excluding carboxylic acids is 2. The van der Waals surface area contributed by atoms with Crippen molar-refractivity contribution in [3.05, 3.63) is 34.9 Å². The first kappa shape index (κ1) is 26.6. The van der Waals surface area contributed by atoms with E-state index in [1.165, 1.54) is 11.9 Å². The van der Waals surface area contributed by atoms with Gasteiger partial charge in [-0.2, -0.15) is 26.3 Å². The van der Waals surface area contributed by atoms with E-state index in [4.69, 9.17) is 9.84 Å². The van der Waals surface area contributed by atoms with Gasteiger partial charge in [-0.15, -0.1) is 0 Å². The van der Waals surface area contributed by atoms with E-state index in [9.17, 15) is 35.9 Å². The number of nitrogens with zero attached hydrogens (tertiary/aromatic N) is 2. The Labute approximate surface area is 186 Å². The molecular weight excluding hydrogens is 460 g/mol. The minimum Gasteiger partial charge on any atom is -0.446 e. The number of alkyl halides is 6. The van der Waals surface area contributed by atoms with Crippen molar-refractivity contribution in [3.63, 3.8) is 0 Å². The number of aliphatic hydroxyl groups is 1. The molecule has 2 N–H and O–H groups in total. The molecule has 1 aliphatic rings. The minimum atomic E-state index is -4.97. The number of benzene rings is 1. The monoisotopic (exact) mass is 485 g/mol. The van der Waals surface area contributed by atoms with Crippen molar-refractivity contribution >= 4 is 12.1 Å². The fourth-order valence-electron chi connectivity index (χ4n) is 3.54. The quantitative estimate of drug-likeness (QED) is 0.621. The third-order valence-corrected chi connectivity index (χ3v) is 5.12. The van der Waals surface area contributed by atoms with Crippen LogP contribution in [0.15, 0.2) is 18.2 Å². The van der Waals surface area contributed by atoms with E-state index in [1.54, 1.807) is 6.92 Å². The highest BCUT2D eigenvalue weighted by Crippen LogP contribution is 2.36. The van der Waals surface area contributed by atoms with Gasteiger partial charge in [-0.25, -0.2) is 9.59 Å². The molecule has 7 nitrogen and oxygen atoms in total. The fraction of sp³-hybridized carbons (Fsp3) is 0.600. The topological polar surface area (TPSA) is 82.1 Å². The molecule has 1 aromatic rings. The lowest BCUT2D eigenvalue weighted by Gasteiger charge is -2.39. The van der Waals surface area contributed by atoms with E-state index in [2.05, 4.69) is 5.32 Å². The average Bonchev–Trinajstić information content (AvgIpc) is 2.70. The van der Waals surface area contributed by atoms with Crippen LogP contribution >= 0.6 is 0 Å². The predicted octanol–water partition coefficient (Wildman–Crippen LogP) is 3.85. The number of nitrogens with one attached hydrogen (secondary N) is 1. The Kier molecular flexibility index (Phi) is 8.44. The number of hydrogen-bond donors (Lipinski definition) is 2. The maximum atomic E-state index is 13.1. The Morgan fingerprint density at radius 2 is 1.73 bits per heavy atom. The predicted molar refractivity (Wildman–Crippen MR) is 104 cm³/mol. The first-order chi connectivity index (χ1) is 15.2. The van der Waals surface area contributed by atoms with Crippen LogP contribution in [0.25, 0.3) is 0 Å². The van der Waals surface area contributed by atoms with Crippen molar-refractivity contribution in [3.8, 4) is 0 Å². The third kappa shape index (κ3) is 7.41. The average molecular weight is 485 g/mol. The van der Waals surface area contributed by atoms with Gasteiger partial charge in [-0.05, 0) is 30.7 Å². The maximum Gasteiger partial charge on any atom is 0.416 e. The van der Waals surface area contributed by atoms with Crippen LogP contribution < -0.4 is 5.32 Å². The molecule has 13 heteroatoms. The first-order valence-electron chi connectivity index (χ1n) is 10.1. The SMILES string of the molecule is C[C@@H]1C[C@@H](OC(=O)NCCO)CCN1C(=O)N(C)Cc1cc(C(F)(F)F)cc(C(F)(F)F)c1. The second-order valence-corrected chi connectivity index (χ2v) is 7.80. The Hall–Kier alpha value is -2.70. The van der Waals surface area contributed by atoms with Crippen LogP contribution in [0, 0.1) is 0 Å². The highest BCUT2D eigenvalue weighted by Gasteiger charge is 2.37. The Bertz CT molecular complexity index is 814. The molecule has 0 unspecified atom stereocenters. The lowest BCUT2D eigenvalue weighted by molar-refractivity contribution is -0.143. The molecule has 2 rings (SSSR count). The number of alkyl carbamates (subject to hydrolysis) is 1. The molecule has 1 aromatic carbocycles. The normalized spacial score (nSPS) is 19.2. The van der Waals surface area contributed by atoms with Crippen LogP contribution in [0.1, 0.15) is 36.5 Å². The van der Waals surface area contributed by atoms with E-state index in [1.807, 2.05) is 0 Å². The summed E-state index contributed by atoms with van der Waals surface area (Å²) < 4.78 is 83.6. The van der Waals surface area contributed by atoms with Gasteiger partial charge in [-0.1, -0.05) is 0 Å². The number of aliphatic hydroxyl groups excluding tert-OH is 1. The van der Waals surface area contributed by atoms with Gasteiger partial charge in [-0.3, -0.25) is 0 Å². The van der Waals surface area contributed by atoms with Crippen molar-refractivity contribution in [2.75, 3.05) is 26.7 Å². The fourth-order valence-corrected chi connectivity index (χ4v) is 3.54. The Balaban J connectivity index is 2.06. The highest BCUT2D eigenvalue weighted by atomic mass is 19.4. The summed E-state index contributed by atoms with van der Waals surface area (Å²) in [4.78, 5) is 26.9. The molecule has 33 heavy (non-hydrogen) atoms. The van der Waals surface area contributed by atoms with E-state index in [-0.39, 0.29) is 31.3 Å². The molecule has 1 fully saturated rings. The number of hydrogen-bond acceptors (Lipinski definition) is 4. The van der Waals surface area contributed by atoms with Gasteiger partial charge in [0.05, 0.1) is 17.7 Å². The second kappa shape index (κ2) is 10.5. The summed E-state index contributed by atoms with van der Waals surface area (Å²) in [5, 5.41) is 11.0. The van der Waals surface area contributed by atoms with Crippen LogP contribution in [-0.4, -0.2) is 65.9 Å². The molecule has 1 saturated heterocycles. The van der Waals surface area contributed by atoms with Crippen LogP contribution in [0.3, 0.4) is 0 Å². The van der Waals surface area contributed by atoms with E-state index in [0.29, 0.717) is 25.0 Å². The number of rotatable bonds is 5. The van der Waals surface area contributed by atoms with Crippen molar-refractivity contribution in [2.24, 2.45) is 0 Å². The number of urea groups is 1. The van der Waals surface area contributed by atoms with Crippen molar-refractivity contribution in [1.29, 1.82) is 0 Å². The molecule has 3 amide bonds. The summed E-state index contributed by atoms with van der Waals surface area (Å²) in [6.07, 6.45) is -10.5. The summed E-state index contributed by atoms with van der Waals surface area (Å²) in [6.45, 7) is 1.19. The summed E-state index contributed by atoms with van der Waals surface area (Å²) in [5.74, 6) is 0. The van der Waals surface area contributed by atoms with Gasteiger partial charge >= 0.3 is 24.5 Å². The largest absolute Gasteiger partial charge is 0.446 e. The van der Waals surface area contributed by atoms with Crippen molar-refractivity contribution in [2.45, 2.75) is 50.8 Å². The second-order valence-electron chi connectivity index (χ2n) is 7.80. The molecular formula is C20H25F6N3O4. The molecule has 0 aromatic heterocycles. The molecule has 0 saturated carbocycles. The smallest absolute Gasteiger partial charge is 0.416 e. The summed E-state index contributed by atoms with van der Waals surface area (Å²) in [7, 11) is 1.29. The molecule has 0 radical (unpaired) electrons. The molecule has 186 valence electrons. The van der Waals surface area contributed by atoms with Crippen molar-refractivity contribution < 1.29 is 45.8 Å². The molecule has 0 aliphatic carbocycles. The number of amides is 3. The van der Waals surface area contributed by atoms with Gasteiger partial charge in [0.15, 0.2) is 0 Å². The molecule has 1 aliphatic heterocycles. The molecule has 0 spiro atoms. The van der Waals surface area contributed by atoms with Gasteiger partial charge in [0.1, 0.15) is 6.10 Å². The van der Waals surface area contributed by atoms with Crippen molar-refractivity contribution in [1.82, 2.24) is 15.1 Å². The number of piperidine rings is 1. The molecule has 0 bridgehead atoms. The van der Waals surface area contributed by atoms with Crippen LogP contribution in [0.5, 0.6) is 0 Å². The van der Waals surface area contributed by atoms with Gasteiger partial charge in [0, 0.05) is 45.6 Å². The summed E-state index contributed by atoms with van der Waals surface area (Å²) >= 11 is 0. The third-order valence-electron chi connectivity index (χ3n) is 5.12.